The molecule has 0 bridgehead atoms. The molecule has 0 spiro atoms. The Balaban J connectivity index is 1.85. The number of ether oxygens (including phenoxy) is 1. The highest BCUT2D eigenvalue weighted by Gasteiger charge is 2.52. The van der Waals surface area contributed by atoms with Crippen LogP contribution in [0.15, 0.2) is 40.9 Å². The quantitative estimate of drug-likeness (QED) is 0.160. The monoisotopic (exact) mass is 608 g/mol. The zero-order valence-electron chi connectivity index (χ0n) is 24.7. The Hall–Kier alpha value is -0.736. The van der Waals surface area contributed by atoms with Crippen molar-refractivity contribution in [3.8, 4) is 0 Å². The smallest absolute Gasteiger partial charge is 0.306 e. The summed E-state index contributed by atoms with van der Waals surface area (Å²) in [5.41, 5.74) is 1.31. The van der Waals surface area contributed by atoms with Crippen molar-refractivity contribution in [2.24, 2.45) is 11.8 Å². The Kier molecular flexibility index (Phi) is 9.49. The van der Waals surface area contributed by atoms with Gasteiger partial charge in [-0.2, -0.15) is 0 Å². The third kappa shape index (κ3) is 7.68. The van der Waals surface area contributed by atoms with Gasteiger partial charge in [-0.05, 0) is 66.8 Å². The number of esters is 1. The summed E-state index contributed by atoms with van der Waals surface area (Å²) < 4.78 is 20.7. The Labute approximate surface area is 236 Å². The molecule has 0 amide bonds. The van der Waals surface area contributed by atoms with Crippen LogP contribution in [-0.4, -0.2) is 40.9 Å². The van der Waals surface area contributed by atoms with Gasteiger partial charge in [0.05, 0.1) is 18.6 Å². The second-order valence-corrected chi connectivity index (χ2v) is 24.5. The number of halogens is 1. The first-order chi connectivity index (χ1) is 16.9. The van der Waals surface area contributed by atoms with Crippen molar-refractivity contribution in [3.63, 3.8) is 0 Å². The average molecular weight is 610 g/mol. The van der Waals surface area contributed by atoms with Crippen molar-refractivity contribution in [1.82, 2.24) is 0 Å². The molecule has 1 aliphatic heterocycles. The fourth-order valence-corrected chi connectivity index (χ4v) is 7.97. The predicted octanol–water partition coefficient (Wildman–Crippen LogP) is 8.67. The molecule has 3 rings (SSSR count). The molecule has 1 saturated heterocycles. The zero-order chi connectivity index (χ0) is 27.8. The molecule has 2 aliphatic rings. The van der Waals surface area contributed by atoms with E-state index in [9.17, 15) is 4.79 Å². The molecule has 1 aliphatic carbocycles. The van der Waals surface area contributed by atoms with E-state index in [-0.39, 0.29) is 46.2 Å². The van der Waals surface area contributed by atoms with Crippen LogP contribution in [0.3, 0.4) is 0 Å². The molecule has 1 saturated carbocycles. The van der Waals surface area contributed by atoms with Crippen LogP contribution in [-0.2, 0) is 24.8 Å². The molecule has 0 unspecified atom stereocenters. The maximum atomic E-state index is 12.2. The summed E-state index contributed by atoms with van der Waals surface area (Å²) in [5, 5.41) is 0.264. The number of aryl methyl sites for hydroxylation is 1. The number of rotatable bonds is 9. The van der Waals surface area contributed by atoms with E-state index in [1.807, 2.05) is 0 Å². The lowest BCUT2D eigenvalue weighted by atomic mass is 9.91. The van der Waals surface area contributed by atoms with Crippen molar-refractivity contribution in [3.05, 3.63) is 46.5 Å². The predicted molar refractivity (Wildman–Crippen MR) is 162 cm³/mol. The van der Waals surface area contributed by atoms with Gasteiger partial charge in [0.2, 0.25) is 0 Å². The lowest BCUT2D eigenvalue weighted by Crippen LogP contribution is -2.45. The van der Waals surface area contributed by atoms with E-state index in [1.165, 1.54) is 5.56 Å². The van der Waals surface area contributed by atoms with Gasteiger partial charge in [-0.15, -0.1) is 0 Å². The first-order valence-corrected chi connectivity index (χ1v) is 20.5. The molecule has 1 aromatic carbocycles. The van der Waals surface area contributed by atoms with Gasteiger partial charge in [-0.3, -0.25) is 4.79 Å². The van der Waals surface area contributed by atoms with E-state index in [0.29, 0.717) is 6.42 Å². The fraction of sp³-hybridized carbons (Fsp3) is 0.700. The van der Waals surface area contributed by atoms with Crippen LogP contribution >= 0.6 is 15.9 Å². The summed E-state index contributed by atoms with van der Waals surface area (Å²) in [6.07, 6.45) is 7.84. The SMILES string of the molecule is CC(C)(C)[Si](C)(C)O[C@@H](/C=C/[C@@H]1[C@H]2CC(=O)O[C@H]2C[C@H]1O[Si](C)(C)C(C)(C)C)CCc1cccc(Br)c1. The topological polar surface area (TPSA) is 44.8 Å². The van der Waals surface area contributed by atoms with E-state index < -0.39 is 16.6 Å². The van der Waals surface area contributed by atoms with Gasteiger partial charge < -0.3 is 13.6 Å². The highest BCUT2D eigenvalue weighted by Crippen LogP contribution is 2.47. The van der Waals surface area contributed by atoms with Crippen LogP contribution in [0.4, 0.5) is 0 Å². The van der Waals surface area contributed by atoms with E-state index >= 15 is 0 Å². The third-order valence-corrected chi connectivity index (χ3v) is 18.7. The van der Waals surface area contributed by atoms with E-state index in [1.54, 1.807) is 0 Å². The summed E-state index contributed by atoms with van der Waals surface area (Å²) in [6, 6.07) is 8.54. The largest absolute Gasteiger partial charge is 0.462 e. The number of hydrogen-bond donors (Lipinski definition) is 0. The normalized spacial score (nSPS) is 26.0. The summed E-state index contributed by atoms with van der Waals surface area (Å²) >= 11 is 3.61. The lowest BCUT2D eigenvalue weighted by Gasteiger charge is -2.40. The Morgan fingerprint density at radius 2 is 1.73 bits per heavy atom. The summed E-state index contributed by atoms with van der Waals surface area (Å²) in [7, 11) is -3.94. The minimum Gasteiger partial charge on any atom is -0.462 e. The van der Waals surface area contributed by atoms with Crippen LogP contribution in [0.5, 0.6) is 0 Å². The summed E-state index contributed by atoms with van der Waals surface area (Å²) in [6.45, 7) is 23.0. The van der Waals surface area contributed by atoms with E-state index in [4.69, 9.17) is 13.6 Å². The van der Waals surface area contributed by atoms with E-state index in [2.05, 4.69) is 120 Å². The van der Waals surface area contributed by atoms with Crippen molar-refractivity contribution in [2.75, 3.05) is 0 Å². The molecule has 2 fully saturated rings. The van der Waals surface area contributed by atoms with Gasteiger partial charge in [-0.25, -0.2) is 0 Å². The molecule has 1 heterocycles. The minimum atomic E-state index is -1.98. The Morgan fingerprint density at radius 1 is 1.08 bits per heavy atom. The van der Waals surface area contributed by atoms with E-state index in [0.717, 1.165) is 23.7 Å². The van der Waals surface area contributed by atoms with Gasteiger partial charge in [0.25, 0.3) is 0 Å². The molecule has 4 nitrogen and oxygen atoms in total. The van der Waals surface area contributed by atoms with Crippen molar-refractivity contribution in [1.29, 1.82) is 0 Å². The molecular formula is C30H49BrO4Si2. The number of hydrogen-bond acceptors (Lipinski definition) is 4. The summed E-state index contributed by atoms with van der Waals surface area (Å²) in [5.74, 6) is 0.294. The number of carbonyl (C=O) groups is 1. The number of benzene rings is 1. The van der Waals surface area contributed by atoms with Crippen molar-refractivity contribution >= 4 is 38.5 Å². The van der Waals surface area contributed by atoms with Crippen molar-refractivity contribution in [2.45, 2.75) is 122 Å². The third-order valence-electron chi connectivity index (χ3n) is 9.21. The highest BCUT2D eigenvalue weighted by molar-refractivity contribution is 9.10. The van der Waals surface area contributed by atoms with Gasteiger partial charge in [0.15, 0.2) is 16.6 Å². The molecule has 0 radical (unpaired) electrons. The van der Waals surface area contributed by atoms with Crippen LogP contribution < -0.4 is 0 Å². The molecule has 5 atom stereocenters. The van der Waals surface area contributed by atoms with Crippen LogP contribution in [0.25, 0.3) is 0 Å². The van der Waals surface area contributed by atoms with Crippen LogP contribution in [0, 0.1) is 11.8 Å². The molecule has 7 heteroatoms. The number of carbonyl (C=O) groups excluding carboxylic acids is 1. The maximum Gasteiger partial charge on any atom is 0.306 e. The number of fused-ring (bicyclic) bond motifs is 1. The minimum absolute atomic E-state index is 0.0190. The van der Waals surface area contributed by atoms with Gasteiger partial charge in [0.1, 0.15) is 6.10 Å². The van der Waals surface area contributed by atoms with Gasteiger partial charge in [0, 0.05) is 22.7 Å². The second-order valence-electron chi connectivity index (χ2n) is 14.1. The first kappa shape index (κ1) is 30.8. The first-order valence-electron chi connectivity index (χ1n) is 13.9. The Bertz CT molecular complexity index is 977. The zero-order valence-corrected chi connectivity index (χ0v) is 28.3. The van der Waals surface area contributed by atoms with Crippen molar-refractivity contribution < 1.29 is 18.4 Å². The molecule has 1 aromatic rings. The molecule has 37 heavy (non-hydrogen) atoms. The lowest BCUT2D eigenvalue weighted by molar-refractivity contribution is -0.141. The average Bonchev–Trinajstić information content (AvgIpc) is 3.23. The maximum absolute atomic E-state index is 12.2. The van der Waals surface area contributed by atoms with Crippen LogP contribution in [0.1, 0.15) is 66.4 Å². The van der Waals surface area contributed by atoms with Crippen LogP contribution in [0.2, 0.25) is 36.3 Å². The van der Waals surface area contributed by atoms with Gasteiger partial charge in [-0.1, -0.05) is 81.8 Å². The molecule has 0 N–H and O–H groups in total. The molecule has 208 valence electrons. The second kappa shape index (κ2) is 11.4. The highest BCUT2D eigenvalue weighted by atomic mass is 79.9. The molecule has 0 aromatic heterocycles. The Morgan fingerprint density at radius 3 is 2.32 bits per heavy atom. The molecular weight excluding hydrogens is 560 g/mol. The summed E-state index contributed by atoms with van der Waals surface area (Å²) in [4.78, 5) is 12.2. The fourth-order valence-electron chi connectivity index (χ4n) is 4.85. The standard InChI is InChI=1S/C30H49BrO4Si2/c1-29(2,3)36(7,8)34-23(15-14-21-12-11-13-22(31)18-21)16-17-24-25-19-28(32)33-26(25)20-27(24)35-37(9,10)30(4,5)6/h11-13,16-18,23-27H,14-15,19-20H2,1-10H3/b17-16+/t23-,24-,25-,26+,27-/m1/s1. The van der Waals surface area contributed by atoms with Gasteiger partial charge >= 0.3 is 5.97 Å².